The minimum atomic E-state index is -0.502. The van der Waals surface area contributed by atoms with E-state index in [4.69, 9.17) is 4.74 Å². The van der Waals surface area contributed by atoms with Gasteiger partial charge in [0.1, 0.15) is 17.3 Å². The first-order valence-corrected chi connectivity index (χ1v) is 7.49. The molecule has 0 spiro atoms. The fourth-order valence-corrected chi connectivity index (χ4v) is 2.66. The van der Waals surface area contributed by atoms with Crippen LogP contribution in [0.15, 0.2) is 12.1 Å². The molecular weight excluding hydrogens is 274 g/mol. The lowest BCUT2D eigenvalue weighted by Crippen LogP contribution is -2.53. The molecule has 1 aliphatic rings. The predicted molar refractivity (Wildman–Crippen MR) is 80.6 cm³/mol. The summed E-state index contributed by atoms with van der Waals surface area (Å²) in [6.07, 6.45) is 0.991. The van der Waals surface area contributed by atoms with Gasteiger partial charge in [-0.25, -0.2) is 8.78 Å². The lowest BCUT2D eigenvalue weighted by Gasteiger charge is -2.44. The molecule has 2 rings (SSSR count). The summed E-state index contributed by atoms with van der Waals surface area (Å²) in [5, 5.41) is 3.15. The van der Waals surface area contributed by atoms with Gasteiger partial charge < -0.3 is 15.0 Å². The smallest absolute Gasteiger partial charge is 0.149 e. The van der Waals surface area contributed by atoms with E-state index in [0.29, 0.717) is 31.9 Å². The minimum absolute atomic E-state index is 0.0579. The second-order valence-electron chi connectivity index (χ2n) is 6.10. The second kappa shape index (κ2) is 6.71. The largest absolute Gasteiger partial charge is 0.377 e. The highest BCUT2D eigenvalue weighted by Gasteiger charge is 2.34. The molecule has 1 heterocycles. The van der Waals surface area contributed by atoms with Crippen molar-refractivity contribution in [3.05, 3.63) is 29.3 Å². The van der Waals surface area contributed by atoms with Gasteiger partial charge in [-0.15, -0.1) is 0 Å². The van der Waals surface area contributed by atoms with Crippen molar-refractivity contribution >= 4 is 5.69 Å². The summed E-state index contributed by atoms with van der Waals surface area (Å²) in [6, 6.07) is 2.85. The molecule has 0 radical (unpaired) electrons. The van der Waals surface area contributed by atoms with Crippen LogP contribution in [0.1, 0.15) is 32.8 Å². The number of nitrogens with zero attached hydrogens (tertiary/aromatic N) is 1. The molecular formula is C16H24F2N2O. The number of halogens is 2. The number of nitrogens with one attached hydrogen (secondary N) is 1. The third-order valence-electron chi connectivity index (χ3n) is 3.75. The van der Waals surface area contributed by atoms with Crippen molar-refractivity contribution in [1.82, 2.24) is 5.32 Å². The van der Waals surface area contributed by atoms with E-state index in [2.05, 4.69) is 12.2 Å². The molecule has 0 aliphatic carbocycles. The predicted octanol–water partition coefficient (Wildman–Crippen LogP) is 3.08. The molecule has 3 nitrogen and oxygen atoms in total. The third-order valence-corrected chi connectivity index (χ3v) is 3.75. The SMILES string of the molecule is CCCNCc1cc(F)c(N2CCOCC2(C)C)c(F)c1. The molecule has 0 amide bonds. The Hall–Kier alpha value is -1.20. The Balaban J connectivity index is 2.24. The molecule has 0 saturated carbocycles. The summed E-state index contributed by atoms with van der Waals surface area (Å²) in [5.41, 5.74) is 0.276. The van der Waals surface area contributed by atoms with Crippen molar-refractivity contribution in [2.45, 2.75) is 39.3 Å². The molecule has 0 unspecified atom stereocenters. The van der Waals surface area contributed by atoms with Crippen LogP contribution in [-0.2, 0) is 11.3 Å². The Morgan fingerprint density at radius 2 is 1.95 bits per heavy atom. The van der Waals surface area contributed by atoms with E-state index in [1.54, 1.807) is 4.90 Å². The first-order valence-electron chi connectivity index (χ1n) is 7.49. The number of anilines is 1. The molecule has 0 aromatic heterocycles. The van der Waals surface area contributed by atoms with E-state index >= 15 is 0 Å². The van der Waals surface area contributed by atoms with Crippen LogP contribution < -0.4 is 10.2 Å². The Bertz CT molecular complexity index is 468. The molecule has 1 fully saturated rings. The molecule has 0 bridgehead atoms. The van der Waals surface area contributed by atoms with Crippen molar-refractivity contribution in [2.24, 2.45) is 0 Å². The van der Waals surface area contributed by atoms with E-state index in [9.17, 15) is 8.78 Å². The highest BCUT2D eigenvalue weighted by Crippen LogP contribution is 2.32. The van der Waals surface area contributed by atoms with Gasteiger partial charge in [-0.2, -0.15) is 0 Å². The van der Waals surface area contributed by atoms with Gasteiger partial charge in [-0.3, -0.25) is 0 Å². The topological polar surface area (TPSA) is 24.5 Å². The van der Waals surface area contributed by atoms with Gasteiger partial charge in [-0.1, -0.05) is 6.92 Å². The van der Waals surface area contributed by atoms with E-state index in [0.717, 1.165) is 13.0 Å². The van der Waals surface area contributed by atoms with Crippen molar-refractivity contribution in [3.8, 4) is 0 Å². The summed E-state index contributed by atoms with van der Waals surface area (Å²) >= 11 is 0. The zero-order valence-corrected chi connectivity index (χ0v) is 13.0. The average Bonchev–Trinajstić information content (AvgIpc) is 2.40. The van der Waals surface area contributed by atoms with Crippen molar-refractivity contribution in [1.29, 1.82) is 0 Å². The third kappa shape index (κ3) is 3.71. The molecule has 5 heteroatoms. The Morgan fingerprint density at radius 1 is 1.29 bits per heavy atom. The first kappa shape index (κ1) is 16.2. The van der Waals surface area contributed by atoms with Gasteiger partial charge in [0.2, 0.25) is 0 Å². The van der Waals surface area contributed by atoms with Crippen LogP contribution in [0.5, 0.6) is 0 Å². The van der Waals surface area contributed by atoms with Crippen LogP contribution in [0.4, 0.5) is 14.5 Å². The highest BCUT2D eigenvalue weighted by atomic mass is 19.1. The summed E-state index contributed by atoms with van der Waals surface area (Å²) in [7, 11) is 0. The molecule has 0 atom stereocenters. The lowest BCUT2D eigenvalue weighted by atomic mass is 10.0. The zero-order chi connectivity index (χ0) is 15.5. The summed E-state index contributed by atoms with van der Waals surface area (Å²) in [6.45, 7) is 8.68. The molecule has 1 aromatic rings. The second-order valence-corrected chi connectivity index (χ2v) is 6.10. The van der Waals surface area contributed by atoms with Crippen LogP contribution in [0.25, 0.3) is 0 Å². The number of benzene rings is 1. The summed E-state index contributed by atoms with van der Waals surface area (Å²) in [5.74, 6) is -1.00. The molecule has 1 N–H and O–H groups in total. The van der Waals surface area contributed by atoms with Gasteiger partial charge in [0.15, 0.2) is 0 Å². The number of morpholine rings is 1. The average molecular weight is 298 g/mol. The number of rotatable bonds is 5. The van der Waals surface area contributed by atoms with Crippen molar-refractivity contribution in [3.63, 3.8) is 0 Å². The van der Waals surface area contributed by atoms with Crippen LogP contribution in [0.3, 0.4) is 0 Å². The normalized spacial score (nSPS) is 18.0. The van der Waals surface area contributed by atoms with Gasteiger partial charge in [0.25, 0.3) is 0 Å². The molecule has 1 saturated heterocycles. The van der Waals surface area contributed by atoms with Gasteiger partial charge in [0, 0.05) is 13.1 Å². The number of ether oxygens (including phenoxy) is 1. The summed E-state index contributed by atoms with van der Waals surface area (Å²) in [4.78, 5) is 1.77. The van der Waals surface area contributed by atoms with Crippen LogP contribution >= 0.6 is 0 Å². The number of hydrogen-bond acceptors (Lipinski definition) is 3. The fourth-order valence-electron chi connectivity index (χ4n) is 2.66. The summed E-state index contributed by atoms with van der Waals surface area (Å²) < 4.78 is 34.2. The Morgan fingerprint density at radius 3 is 2.52 bits per heavy atom. The Labute approximate surface area is 125 Å². The number of hydrogen-bond donors (Lipinski definition) is 1. The van der Waals surface area contributed by atoms with E-state index in [1.807, 2.05) is 13.8 Å². The van der Waals surface area contributed by atoms with E-state index < -0.39 is 17.2 Å². The maximum absolute atomic E-state index is 14.4. The lowest BCUT2D eigenvalue weighted by molar-refractivity contribution is 0.0635. The Kier molecular flexibility index (Phi) is 5.17. The fraction of sp³-hybridized carbons (Fsp3) is 0.625. The van der Waals surface area contributed by atoms with E-state index in [1.165, 1.54) is 12.1 Å². The minimum Gasteiger partial charge on any atom is -0.377 e. The van der Waals surface area contributed by atoms with Gasteiger partial charge in [0.05, 0.1) is 18.8 Å². The molecule has 21 heavy (non-hydrogen) atoms. The van der Waals surface area contributed by atoms with Crippen molar-refractivity contribution < 1.29 is 13.5 Å². The van der Waals surface area contributed by atoms with Crippen LogP contribution in [-0.4, -0.2) is 31.8 Å². The van der Waals surface area contributed by atoms with Crippen LogP contribution in [0.2, 0.25) is 0 Å². The van der Waals surface area contributed by atoms with E-state index in [-0.39, 0.29) is 5.69 Å². The maximum Gasteiger partial charge on any atom is 0.149 e. The van der Waals surface area contributed by atoms with Crippen molar-refractivity contribution in [2.75, 3.05) is 31.2 Å². The molecule has 1 aromatic carbocycles. The monoisotopic (exact) mass is 298 g/mol. The highest BCUT2D eigenvalue weighted by molar-refractivity contribution is 5.53. The standard InChI is InChI=1S/C16H24F2N2O/c1-4-5-19-10-12-8-13(17)15(14(18)9-12)20-6-7-21-11-16(20,2)3/h8-9,19H,4-7,10-11H2,1-3H3. The molecule has 118 valence electrons. The van der Waals surface area contributed by atoms with Gasteiger partial charge >= 0.3 is 0 Å². The molecule has 1 aliphatic heterocycles. The first-order chi connectivity index (χ1) is 9.95. The van der Waals surface area contributed by atoms with Crippen LogP contribution in [0, 0.1) is 11.6 Å². The zero-order valence-electron chi connectivity index (χ0n) is 13.0. The maximum atomic E-state index is 14.4. The quantitative estimate of drug-likeness (QED) is 0.846. The van der Waals surface area contributed by atoms with Gasteiger partial charge in [-0.05, 0) is 44.5 Å².